The van der Waals surface area contributed by atoms with Crippen LogP contribution in [0.1, 0.15) is 108 Å². The number of benzene rings is 3. The van der Waals surface area contributed by atoms with Crippen LogP contribution in [0.15, 0.2) is 120 Å². The van der Waals surface area contributed by atoms with E-state index >= 15 is 4.79 Å². The molecule has 1 unspecified atom stereocenters. The van der Waals surface area contributed by atoms with Crippen molar-refractivity contribution in [1.82, 2.24) is 0 Å². The van der Waals surface area contributed by atoms with Crippen molar-refractivity contribution in [3.63, 3.8) is 0 Å². The van der Waals surface area contributed by atoms with Crippen molar-refractivity contribution >= 4 is 48.6 Å². The van der Waals surface area contributed by atoms with Gasteiger partial charge in [-0.2, -0.15) is 0 Å². The first kappa shape index (κ1) is 54.4. The molecule has 3 aromatic carbocycles. The summed E-state index contributed by atoms with van der Waals surface area (Å²) in [4.78, 5) is 27.5. The number of sulfone groups is 1. The van der Waals surface area contributed by atoms with Crippen molar-refractivity contribution in [3.05, 3.63) is 115 Å². The molecule has 3 aromatic rings. The number of allylic oxidation sites excluding steroid dienone is 1. The molecular weight excluding hydrogens is 897 g/mol. The predicted octanol–water partition coefficient (Wildman–Crippen LogP) is 10.3. The number of ketones is 1. The van der Waals surface area contributed by atoms with Crippen LogP contribution in [0.3, 0.4) is 0 Å². The minimum Gasteiger partial charge on any atom is -0.460 e. The van der Waals surface area contributed by atoms with E-state index < -0.39 is 67.0 Å². The number of esters is 1. The van der Waals surface area contributed by atoms with Gasteiger partial charge in [0.1, 0.15) is 10.9 Å². The second-order valence-electron chi connectivity index (χ2n) is 20.4. The van der Waals surface area contributed by atoms with E-state index in [4.69, 9.17) is 27.8 Å². The van der Waals surface area contributed by atoms with Gasteiger partial charge >= 0.3 is 5.97 Å². The molecule has 2 aliphatic rings. The van der Waals surface area contributed by atoms with E-state index in [-0.39, 0.29) is 53.8 Å². The maximum absolute atomic E-state index is 15.1. The van der Waals surface area contributed by atoms with Crippen LogP contribution in [0, 0.1) is 5.92 Å². The predicted molar refractivity (Wildman–Crippen MR) is 272 cm³/mol. The SMILES string of the molecule is CC[Si](CC)(CC)O[C@H]1C[C@H](CO[Si](c2ccccc2)(c2ccccc2)C(C)(C)C)O[C@H]1C[C@H](C)C(=O)C(C[C@]1(OC)CC=C[C@H](/C=C/CCC(=O)OC(C)(C)C)O1)S(=O)(=O)c1ccccc1. The van der Waals surface area contributed by atoms with Gasteiger partial charge in [-0.25, -0.2) is 8.42 Å². The molecule has 0 saturated carbocycles. The molecule has 0 bridgehead atoms. The molecule has 67 heavy (non-hydrogen) atoms. The van der Waals surface area contributed by atoms with Crippen LogP contribution in [0.5, 0.6) is 0 Å². The number of methoxy groups -OCH3 is 1. The van der Waals surface area contributed by atoms with Gasteiger partial charge in [0.05, 0.1) is 35.9 Å². The van der Waals surface area contributed by atoms with Crippen molar-refractivity contribution < 1.29 is 45.8 Å². The Morgan fingerprint density at radius 2 is 1.43 bits per heavy atom. The summed E-state index contributed by atoms with van der Waals surface area (Å²) in [6.07, 6.45) is 7.28. The van der Waals surface area contributed by atoms with E-state index in [9.17, 15) is 13.2 Å². The minimum atomic E-state index is -4.23. The molecule has 368 valence electrons. The van der Waals surface area contributed by atoms with Crippen LogP contribution >= 0.6 is 0 Å². The second kappa shape index (κ2) is 23.4. The zero-order valence-electron chi connectivity index (χ0n) is 42.0. The Bertz CT molecular complexity index is 2150. The molecule has 13 heteroatoms. The topological polar surface area (TPSA) is 124 Å². The highest BCUT2D eigenvalue weighted by molar-refractivity contribution is 7.92. The maximum Gasteiger partial charge on any atom is 0.306 e. The van der Waals surface area contributed by atoms with Crippen LogP contribution in [0.4, 0.5) is 0 Å². The normalized spacial score (nSPS) is 22.7. The molecule has 0 radical (unpaired) electrons. The molecule has 1 saturated heterocycles. The average molecular weight is 975 g/mol. The van der Waals surface area contributed by atoms with Crippen molar-refractivity contribution in [2.75, 3.05) is 13.7 Å². The van der Waals surface area contributed by atoms with Crippen LogP contribution in [-0.4, -0.2) is 91.6 Å². The quantitative estimate of drug-likeness (QED) is 0.0515. The Hall–Kier alpha value is -3.54. The fraction of sp³-hybridized carbons (Fsp3) is 0.556. The van der Waals surface area contributed by atoms with Crippen molar-refractivity contribution in [2.24, 2.45) is 5.92 Å². The summed E-state index contributed by atoms with van der Waals surface area (Å²) in [7, 11) is -7.80. The lowest BCUT2D eigenvalue weighted by atomic mass is 9.91. The molecule has 0 N–H and O–H groups in total. The molecule has 2 heterocycles. The van der Waals surface area contributed by atoms with E-state index in [0.29, 0.717) is 19.4 Å². The molecule has 1 fully saturated rings. The van der Waals surface area contributed by atoms with Gasteiger partial charge in [0, 0.05) is 38.7 Å². The monoisotopic (exact) mass is 974 g/mol. The number of hydrogen-bond donors (Lipinski definition) is 0. The zero-order valence-corrected chi connectivity index (χ0v) is 44.8. The lowest BCUT2D eigenvalue weighted by Gasteiger charge is -2.43. The largest absolute Gasteiger partial charge is 0.460 e. The van der Waals surface area contributed by atoms with E-state index in [0.717, 1.165) is 18.1 Å². The third-order valence-corrected chi connectivity index (χ3v) is 25.3. The molecule has 10 nitrogen and oxygen atoms in total. The first-order chi connectivity index (χ1) is 31.7. The molecule has 0 aliphatic carbocycles. The van der Waals surface area contributed by atoms with Crippen molar-refractivity contribution in [1.29, 1.82) is 0 Å². The molecule has 2 aliphatic heterocycles. The van der Waals surface area contributed by atoms with Crippen LogP contribution in [0.2, 0.25) is 23.2 Å². The Labute approximate surface area is 404 Å². The first-order valence-electron chi connectivity index (χ1n) is 24.4. The number of carbonyl (C=O) groups is 2. The molecule has 0 aromatic heterocycles. The lowest BCUT2D eigenvalue weighted by molar-refractivity contribution is -0.236. The minimum absolute atomic E-state index is 0.0558. The number of hydrogen-bond acceptors (Lipinski definition) is 10. The Balaban J connectivity index is 1.43. The van der Waals surface area contributed by atoms with Gasteiger partial charge in [-0.05, 0) is 79.3 Å². The number of carbonyl (C=O) groups excluding carboxylic acids is 2. The molecular formula is C54H78O10SSi2. The standard InChI is InChI=1S/C54H78O10SSi2/c1-12-66(13-2,14-3)64-48-38-43(40-60-67(53(8,9)10,45-31-20-16-21-32-45)46-33-22-17-23-34-46)61-47(48)37-41(4)51(56)49(65(57,58)44-29-18-15-19-30-44)39-54(59-11)36-26-28-42(62-54)27-24-25-35-50(55)63-52(5,6)7/h15-24,26-34,41-43,47-49H,12-14,25,35-40H2,1-11H3/b27-24+/t41-,42-,43+,47-,48-,49?,54-/m0/s1. The fourth-order valence-electron chi connectivity index (χ4n) is 9.73. The van der Waals surface area contributed by atoms with Gasteiger partial charge < -0.3 is 27.8 Å². The van der Waals surface area contributed by atoms with E-state index in [1.165, 1.54) is 29.6 Å². The second-order valence-corrected chi connectivity index (χ2v) is 31.5. The molecule has 0 spiro atoms. The number of Topliss-reactive ketones (excluding diaryl/α,β-unsaturated/α-hetero) is 1. The summed E-state index contributed by atoms with van der Waals surface area (Å²) in [5.74, 6) is -2.88. The Morgan fingerprint density at radius 1 is 0.866 bits per heavy atom. The van der Waals surface area contributed by atoms with Crippen LogP contribution in [0.25, 0.3) is 0 Å². The van der Waals surface area contributed by atoms with Gasteiger partial charge in [-0.15, -0.1) is 0 Å². The number of ether oxygens (including phenoxy) is 4. The molecule has 7 atom stereocenters. The van der Waals surface area contributed by atoms with Crippen LogP contribution in [-0.2, 0) is 47.2 Å². The van der Waals surface area contributed by atoms with Gasteiger partial charge in [-0.1, -0.05) is 152 Å². The zero-order chi connectivity index (χ0) is 49.1. The molecule has 5 rings (SSSR count). The third-order valence-electron chi connectivity index (χ3n) is 13.6. The average Bonchev–Trinajstić information content (AvgIpc) is 3.68. The Morgan fingerprint density at radius 3 is 1.96 bits per heavy atom. The smallest absolute Gasteiger partial charge is 0.306 e. The van der Waals surface area contributed by atoms with Crippen LogP contribution < -0.4 is 10.4 Å². The highest BCUT2D eigenvalue weighted by atomic mass is 32.2. The van der Waals surface area contributed by atoms with Gasteiger partial charge in [0.2, 0.25) is 0 Å². The fourth-order valence-corrected chi connectivity index (χ4v) is 19.1. The van der Waals surface area contributed by atoms with Gasteiger partial charge in [-0.3, -0.25) is 9.59 Å². The summed E-state index contributed by atoms with van der Waals surface area (Å²) in [6.45, 7) is 21.0. The van der Waals surface area contributed by atoms with E-state index in [1.807, 2.05) is 64.1 Å². The summed E-state index contributed by atoms with van der Waals surface area (Å²) in [5, 5.41) is 0.649. The molecule has 0 amide bonds. The summed E-state index contributed by atoms with van der Waals surface area (Å²) < 4.78 is 69.1. The maximum atomic E-state index is 15.1. The van der Waals surface area contributed by atoms with E-state index in [1.54, 1.807) is 18.2 Å². The lowest BCUT2D eigenvalue weighted by Crippen LogP contribution is -2.67. The summed E-state index contributed by atoms with van der Waals surface area (Å²) >= 11 is 0. The van der Waals surface area contributed by atoms with E-state index in [2.05, 4.69) is 90.1 Å². The Kier molecular flexibility index (Phi) is 19.0. The highest BCUT2D eigenvalue weighted by Gasteiger charge is 2.52. The van der Waals surface area contributed by atoms with Gasteiger partial charge in [0.25, 0.3) is 8.32 Å². The summed E-state index contributed by atoms with van der Waals surface area (Å²) in [6, 6.07) is 32.1. The van der Waals surface area contributed by atoms with Gasteiger partial charge in [0.15, 0.2) is 29.7 Å². The first-order valence-corrected chi connectivity index (χ1v) is 30.3. The van der Waals surface area contributed by atoms with Crippen molar-refractivity contribution in [2.45, 2.75) is 177 Å². The highest BCUT2D eigenvalue weighted by Crippen LogP contribution is 2.40. The third kappa shape index (κ3) is 13.6. The number of rotatable bonds is 23. The summed E-state index contributed by atoms with van der Waals surface area (Å²) in [5.41, 5.74) is -0.574. The van der Waals surface area contributed by atoms with Crippen molar-refractivity contribution in [3.8, 4) is 0 Å².